The van der Waals surface area contributed by atoms with Crippen LogP contribution in [0.1, 0.15) is 21.9 Å². The van der Waals surface area contributed by atoms with Gasteiger partial charge in [-0.05, 0) is 47.1 Å². The second-order valence-electron chi connectivity index (χ2n) is 3.85. The Balaban J connectivity index is 2.10. The van der Waals surface area contributed by atoms with E-state index in [9.17, 15) is 9.18 Å². The van der Waals surface area contributed by atoms with Crippen LogP contribution in [0.4, 0.5) is 4.39 Å². The van der Waals surface area contributed by atoms with Crippen LogP contribution in [0.3, 0.4) is 0 Å². The number of aryl methyl sites for hydroxylation is 1. The minimum Gasteiger partial charge on any atom is -0.484 e. The highest BCUT2D eigenvalue weighted by atomic mass is 79.9. The average molecular weight is 329 g/mol. The Kier molecular flexibility index (Phi) is 3.90. The summed E-state index contributed by atoms with van der Waals surface area (Å²) in [5.41, 5.74) is 0.108. The molecule has 2 rings (SSSR count). The summed E-state index contributed by atoms with van der Waals surface area (Å²) >= 11 is 3.17. The molecule has 2 aromatic rings. The van der Waals surface area contributed by atoms with Crippen LogP contribution in [0.5, 0.6) is 5.75 Å². The number of rotatable bonds is 4. The van der Waals surface area contributed by atoms with Gasteiger partial charge in [0, 0.05) is 0 Å². The monoisotopic (exact) mass is 328 g/mol. The number of furan rings is 1. The van der Waals surface area contributed by atoms with E-state index in [1.807, 2.05) is 0 Å². The van der Waals surface area contributed by atoms with Crippen molar-refractivity contribution in [1.29, 1.82) is 0 Å². The molecule has 4 nitrogen and oxygen atoms in total. The zero-order chi connectivity index (χ0) is 14.0. The first-order valence-electron chi connectivity index (χ1n) is 5.38. The van der Waals surface area contributed by atoms with Crippen LogP contribution in [-0.4, -0.2) is 11.1 Å². The van der Waals surface area contributed by atoms with Crippen molar-refractivity contribution in [3.63, 3.8) is 0 Å². The maximum Gasteiger partial charge on any atom is 0.339 e. The summed E-state index contributed by atoms with van der Waals surface area (Å²) < 4.78 is 24.1. The van der Waals surface area contributed by atoms with Gasteiger partial charge in [0.1, 0.15) is 35.3 Å². The molecule has 0 saturated carbocycles. The third-order valence-corrected chi connectivity index (χ3v) is 3.08. The van der Waals surface area contributed by atoms with Gasteiger partial charge in [0.05, 0.1) is 4.47 Å². The van der Waals surface area contributed by atoms with Gasteiger partial charge in [0.15, 0.2) is 0 Å². The predicted octanol–water partition coefficient (Wildman–Crippen LogP) is 3.77. The van der Waals surface area contributed by atoms with E-state index in [1.165, 1.54) is 24.3 Å². The van der Waals surface area contributed by atoms with Crippen molar-refractivity contribution in [1.82, 2.24) is 0 Å². The van der Waals surface area contributed by atoms with E-state index in [2.05, 4.69) is 15.9 Å². The van der Waals surface area contributed by atoms with Crippen molar-refractivity contribution in [3.05, 3.63) is 51.6 Å². The van der Waals surface area contributed by atoms with Crippen molar-refractivity contribution >= 4 is 21.9 Å². The minimum atomic E-state index is -1.05. The normalized spacial score (nSPS) is 10.5. The highest BCUT2D eigenvalue weighted by molar-refractivity contribution is 9.10. The first-order valence-corrected chi connectivity index (χ1v) is 6.17. The SMILES string of the molecule is Cc1oc(COc2ccc(F)cc2Br)cc1C(=O)O. The Hall–Kier alpha value is -1.82. The van der Waals surface area contributed by atoms with Gasteiger partial charge < -0.3 is 14.3 Å². The maximum absolute atomic E-state index is 12.9. The van der Waals surface area contributed by atoms with Gasteiger partial charge in [0.25, 0.3) is 0 Å². The smallest absolute Gasteiger partial charge is 0.339 e. The van der Waals surface area contributed by atoms with Crippen molar-refractivity contribution in [2.45, 2.75) is 13.5 Å². The average Bonchev–Trinajstić information content (AvgIpc) is 2.69. The van der Waals surface area contributed by atoms with E-state index in [0.717, 1.165) is 0 Å². The number of hydrogen-bond acceptors (Lipinski definition) is 3. The molecular weight excluding hydrogens is 319 g/mol. The van der Waals surface area contributed by atoms with E-state index >= 15 is 0 Å². The van der Waals surface area contributed by atoms with Crippen LogP contribution >= 0.6 is 15.9 Å². The molecule has 0 aliphatic carbocycles. The summed E-state index contributed by atoms with van der Waals surface area (Å²) in [4.78, 5) is 10.9. The first-order chi connectivity index (χ1) is 8.97. The number of carboxylic acid groups (broad SMARTS) is 1. The summed E-state index contributed by atoms with van der Waals surface area (Å²) in [5.74, 6) is -0.251. The number of aromatic carboxylic acids is 1. The van der Waals surface area contributed by atoms with Gasteiger partial charge in [-0.3, -0.25) is 0 Å². The molecule has 100 valence electrons. The number of hydrogen-bond donors (Lipinski definition) is 1. The molecule has 0 radical (unpaired) electrons. The lowest BCUT2D eigenvalue weighted by atomic mass is 10.2. The molecule has 0 bridgehead atoms. The Bertz CT molecular complexity index is 621. The van der Waals surface area contributed by atoms with E-state index in [1.54, 1.807) is 6.92 Å². The molecule has 1 aromatic carbocycles. The Morgan fingerprint density at radius 3 is 2.79 bits per heavy atom. The second-order valence-corrected chi connectivity index (χ2v) is 4.71. The number of halogens is 2. The fraction of sp³-hybridized carbons (Fsp3) is 0.154. The lowest BCUT2D eigenvalue weighted by Crippen LogP contribution is -1.96. The topological polar surface area (TPSA) is 59.7 Å². The maximum atomic E-state index is 12.9. The van der Waals surface area contributed by atoms with Gasteiger partial charge in [-0.2, -0.15) is 0 Å². The molecule has 1 aromatic heterocycles. The van der Waals surface area contributed by atoms with Crippen LogP contribution in [0.25, 0.3) is 0 Å². The van der Waals surface area contributed by atoms with E-state index in [-0.39, 0.29) is 18.0 Å². The van der Waals surface area contributed by atoms with Crippen molar-refractivity contribution in [3.8, 4) is 5.75 Å². The summed E-state index contributed by atoms with van der Waals surface area (Å²) in [6, 6.07) is 5.45. The van der Waals surface area contributed by atoms with Crippen LogP contribution in [0.15, 0.2) is 33.2 Å². The second kappa shape index (κ2) is 5.44. The van der Waals surface area contributed by atoms with Crippen molar-refractivity contribution < 1.29 is 23.4 Å². The first kappa shape index (κ1) is 13.6. The molecule has 0 fully saturated rings. The Morgan fingerprint density at radius 2 is 2.21 bits per heavy atom. The van der Waals surface area contributed by atoms with Crippen LogP contribution < -0.4 is 4.74 Å². The molecular formula is C13H10BrFO4. The lowest BCUT2D eigenvalue weighted by Gasteiger charge is -2.06. The largest absolute Gasteiger partial charge is 0.484 e. The third kappa shape index (κ3) is 3.14. The van der Waals surface area contributed by atoms with Gasteiger partial charge in [-0.1, -0.05) is 0 Å². The standard InChI is InChI=1S/C13H10BrFO4/c1-7-10(13(16)17)5-9(19-7)6-18-12-3-2-8(15)4-11(12)14/h2-5H,6H2,1H3,(H,16,17). The Morgan fingerprint density at radius 1 is 1.47 bits per heavy atom. The number of carboxylic acids is 1. The van der Waals surface area contributed by atoms with Gasteiger partial charge in [-0.15, -0.1) is 0 Å². The van der Waals surface area contributed by atoms with E-state index in [4.69, 9.17) is 14.3 Å². The molecule has 0 atom stereocenters. The number of carbonyl (C=O) groups is 1. The van der Waals surface area contributed by atoms with Crippen LogP contribution in [0, 0.1) is 12.7 Å². The number of benzene rings is 1. The molecule has 1 N–H and O–H groups in total. The molecule has 0 aliphatic heterocycles. The summed E-state index contributed by atoms with van der Waals surface area (Å²) in [7, 11) is 0. The fourth-order valence-electron chi connectivity index (χ4n) is 1.57. The molecule has 0 saturated heterocycles. The van der Waals surface area contributed by atoms with Crippen molar-refractivity contribution in [2.24, 2.45) is 0 Å². The zero-order valence-corrected chi connectivity index (χ0v) is 11.5. The van der Waals surface area contributed by atoms with Gasteiger partial charge in [0.2, 0.25) is 0 Å². The van der Waals surface area contributed by atoms with Gasteiger partial charge in [-0.25, -0.2) is 9.18 Å². The lowest BCUT2D eigenvalue weighted by molar-refractivity contribution is 0.0695. The molecule has 0 spiro atoms. The fourth-order valence-corrected chi connectivity index (χ4v) is 2.03. The zero-order valence-electron chi connectivity index (χ0n) is 9.94. The van der Waals surface area contributed by atoms with Crippen molar-refractivity contribution in [2.75, 3.05) is 0 Å². The van der Waals surface area contributed by atoms with Gasteiger partial charge >= 0.3 is 5.97 Å². The quantitative estimate of drug-likeness (QED) is 0.928. The third-order valence-electron chi connectivity index (χ3n) is 2.46. The molecule has 1 heterocycles. The highest BCUT2D eigenvalue weighted by Gasteiger charge is 2.14. The molecule has 0 unspecified atom stereocenters. The van der Waals surface area contributed by atoms with E-state index in [0.29, 0.717) is 21.7 Å². The predicted molar refractivity (Wildman–Crippen MR) is 68.8 cm³/mol. The molecule has 0 aliphatic rings. The summed E-state index contributed by atoms with van der Waals surface area (Å²) in [6.45, 7) is 1.64. The molecule has 19 heavy (non-hydrogen) atoms. The Labute approximate surface area is 116 Å². The summed E-state index contributed by atoms with van der Waals surface area (Å²) in [5, 5.41) is 8.89. The number of ether oxygens (including phenoxy) is 1. The van der Waals surface area contributed by atoms with Crippen LogP contribution in [0.2, 0.25) is 0 Å². The minimum absolute atomic E-state index is 0.0678. The molecule has 0 amide bonds. The highest BCUT2D eigenvalue weighted by Crippen LogP contribution is 2.26. The molecule has 6 heteroatoms. The van der Waals surface area contributed by atoms with Crippen LogP contribution in [-0.2, 0) is 6.61 Å². The van der Waals surface area contributed by atoms with E-state index < -0.39 is 5.97 Å². The summed E-state index contributed by atoms with van der Waals surface area (Å²) in [6.07, 6.45) is 0.